The van der Waals surface area contributed by atoms with Crippen LogP contribution in [-0.2, 0) is 14.3 Å². The van der Waals surface area contributed by atoms with Gasteiger partial charge in [0.05, 0.1) is 5.56 Å². The zero-order valence-corrected chi connectivity index (χ0v) is 15.9. The Labute approximate surface area is 167 Å². The Hall–Kier alpha value is -3.94. The van der Waals surface area contributed by atoms with Gasteiger partial charge in [0.1, 0.15) is 5.82 Å². The standard InChI is InChI=1S/C21H20N4O4/c1-13(20(27)25-18-9-7-17(8-10-18)24-14(2)26)29-21(28)16-5-3-15(4-6-16)19-22-11-12-23-19/h3-13H,1-2H3,(H,22,23)(H,24,26)(H,25,27). The fourth-order valence-corrected chi connectivity index (χ4v) is 2.55. The molecule has 1 heterocycles. The summed E-state index contributed by atoms with van der Waals surface area (Å²) in [6, 6.07) is 13.3. The maximum absolute atomic E-state index is 12.3. The number of nitrogens with one attached hydrogen (secondary N) is 3. The molecule has 3 N–H and O–H groups in total. The van der Waals surface area contributed by atoms with Crippen LogP contribution in [0.1, 0.15) is 24.2 Å². The number of imidazole rings is 1. The molecular weight excluding hydrogens is 372 g/mol. The van der Waals surface area contributed by atoms with Crippen molar-refractivity contribution in [3.63, 3.8) is 0 Å². The lowest BCUT2D eigenvalue weighted by molar-refractivity contribution is -0.123. The molecular formula is C21H20N4O4. The summed E-state index contributed by atoms with van der Waals surface area (Å²) in [7, 11) is 0. The smallest absolute Gasteiger partial charge is 0.338 e. The van der Waals surface area contributed by atoms with Crippen LogP contribution in [0.5, 0.6) is 0 Å². The summed E-state index contributed by atoms with van der Waals surface area (Å²) in [6.07, 6.45) is 2.37. The predicted molar refractivity (Wildman–Crippen MR) is 108 cm³/mol. The number of carbonyl (C=O) groups excluding carboxylic acids is 3. The van der Waals surface area contributed by atoms with E-state index < -0.39 is 18.0 Å². The van der Waals surface area contributed by atoms with Crippen molar-refractivity contribution in [1.29, 1.82) is 0 Å². The molecule has 1 aromatic heterocycles. The maximum Gasteiger partial charge on any atom is 0.338 e. The largest absolute Gasteiger partial charge is 0.449 e. The van der Waals surface area contributed by atoms with Gasteiger partial charge in [-0.15, -0.1) is 0 Å². The number of H-pyrrole nitrogens is 1. The number of carbonyl (C=O) groups is 3. The summed E-state index contributed by atoms with van der Waals surface area (Å²) >= 11 is 0. The van der Waals surface area contributed by atoms with Crippen LogP contribution in [0.4, 0.5) is 11.4 Å². The third kappa shape index (κ3) is 5.29. The first kappa shape index (κ1) is 19.8. The van der Waals surface area contributed by atoms with Crippen molar-refractivity contribution in [3.8, 4) is 11.4 Å². The fourth-order valence-electron chi connectivity index (χ4n) is 2.55. The second-order valence-electron chi connectivity index (χ2n) is 6.31. The van der Waals surface area contributed by atoms with E-state index in [0.29, 0.717) is 22.8 Å². The minimum absolute atomic E-state index is 0.181. The lowest BCUT2D eigenvalue weighted by Crippen LogP contribution is -2.30. The molecule has 148 valence electrons. The van der Waals surface area contributed by atoms with Crippen molar-refractivity contribution in [2.45, 2.75) is 20.0 Å². The quantitative estimate of drug-likeness (QED) is 0.558. The van der Waals surface area contributed by atoms with Crippen molar-refractivity contribution in [2.75, 3.05) is 10.6 Å². The van der Waals surface area contributed by atoms with Crippen LogP contribution >= 0.6 is 0 Å². The summed E-state index contributed by atoms with van der Waals surface area (Å²) in [6.45, 7) is 2.91. The van der Waals surface area contributed by atoms with Crippen LogP contribution in [0, 0.1) is 0 Å². The molecule has 2 aromatic carbocycles. The number of hydrogen-bond acceptors (Lipinski definition) is 5. The molecule has 0 radical (unpaired) electrons. The van der Waals surface area contributed by atoms with Gasteiger partial charge in [0.25, 0.3) is 5.91 Å². The Morgan fingerprint density at radius 1 is 0.966 bits per heavy atom. The number of aromatic amines is 1. The fraction of sp³-hybridized carbons (Fsp3) is 0.143. The summed E-state index contributed by atoms with van der Waals surface area (Å²) in [5, 5.41) is 5.30. The molecule has 1 atom stereocenters. The van der Waals surface area contributed by atoms with E-state index in [9.17, 15) is 14.4 Å². The van der Waals surface area contributed by atoms with E-state index in [1.165, 1.54) is 13.8 Å². The maximum atomic E-state index is 12.3. The molecule has 0 saturated heterocycles. The van der Waals surface area contributed by atoms with Crippen molar-refractivity contribution in [2.24, 2.45) is 0 Å². The van der Waals surface area contributed by atoms with Crippen LogP contribution in [0.15, 0.2) is 60.9 Å². The van der Waals surface area contributed by atoms with Gasteiger partial charge in [0, 0.05) is 36.3 Å². The second kappa shape index (κ2) is 8.83. The summed E-state index contributed by atoms with van der Waals surface area (Å²) in [5.74, 6) is -0.542. The number of rotatable bonds is 6. The molecule has 0 aliphatic rings. The van der Waals surface area contributed by atoms with E-state index in [4.69, 9.17) is 4.74 Å². The highest BCUT2D eigenvalue weighted by atomic mass is 16.5. The van der Waals surface area contributed by atoms with Gasteiger partial charge in [-0.25, -0.2) is 9.78 Å². The average molecular weight is 392 g/mol. The Bertz CT molecular complexity index is 996. The van der Waals surface area contributed by atoms with Gasteiger partial charge < -0.3 is 20.4 Å². The van der Waals surface area contributed by atoms with Crippen LogP contribution in [0.2, 0.25) is 0 Å². The van der Waals surface area contributed by atoms with Crippen LogP contribution in [0.3, 0.4) is 0 Å². The predicted octanol–water partition coefficient (Wildman–Crippen LogP) is 3.22. The molecule has 0 spiro atoms. The van der Waals surface area contributed by atoms with Crippen LogP contribution < -0.4 is 10.6 Å². The highest BCUT2D eigenvalue weighted by molar-refractivity contribution is 5.97. The molecule has 2 amide bonds. The first-order valence-corrected chi connectivity index (χ1v) is 8.91. The van der Waals surface area contributed by atoms with Gasteiger partial charge in [0.2, 0.25) is 5.91 Å². The van der Waals surface area contributed by atoms with E-state index in [0.717, 1.165) is 5.56 Å². The Morgan fingerprint density at radius 2 is 1.59 bits per heavy atom. The molecule has 1 unspecified atom stereocenters. The molecule has 8 heteroatoms. The molecule has 0 aliphatic heterocycles. The molecule has 3 rings (SSSR count). The Balaban J connectivity index is 1.56. The van der Waals surface area contributed by atoms with Gasteiger partial charge in [-0.2, -0.15) is 0 Å². The minimum Gasteiger partial charge on any atom is -0.449 e. The molecule has 0 fully saturated rings. The topological polar surface area (TPSA) is 113 Å². The van der Waals surface area contributed by atoms with Crippen LogP contribution in [-0.4, -0.2) is 33.9 Å². The van der Waals surface area contributed by atoms with Crippen molar-refractivity contribution >= 4 is 29.2 Å². The van der Waals surface area contributed by atoms with Gasteiger partial charge in [-0.05, 0) is 43.3 Å². The molecule has 29 heavy (non-hydrogen) atoms. The van der Waals surface area contributed by atoms with E-state index in [1.807, 2.05) is 0 Å². The number of benzene rings is 2. The highest BCUT2D eigenvalue weighted by Crippen LogP contribution is 2.17. The summed E-state index contributed by atoms with van der Waals surface area (Å²) in [5.41, 5.74) is 2.31. The normalized spacial score (nSPS) is 11.4. The lowest BCUT2D eigenvalue weighted by atomic mass is 10.1. The number of ether oxygens (including phenoxy) is 1. The third-order valence-corrected chi connectivity index (χ3v) is 4.02. The number of aromatic nitrogens is 2. The van der Waals surface area contributed by atoms with Gasteiger partial charge in [-0.3, -0.25) is 9.59 Å². The molecule has 3 aromatic rings. The van der Waals surface area contributed by atoms with Crippen molar-refractivity contribution in [3.05, 3.63) is 66.5 Å². The number of nitrogens with zero attached hydrogens (tertiary/aromatic N) is 1. The first-order chi connectivity index (χ1) is 13.9. The minimum atomic E-state index is -0.984. The molecule has 0 bridgehead atoms. The third-order valence-electron chi connectivity index (χ3n) is 4.02. The van der Waals surface area contributed by atoms with Crippen LogP contribution in [0.25, 0.3) is 11.4 Å². The van der Waals surface area contributed by atoms with Gasteiger partial charge >= 0.3 is 5.97 Å². The molecule has 0 aliphatic carbocycles. The zero-order chi connectivity index (χ0) is 20.8. The van der Waals surface area contributed by atoms with E-state index in [-0.39, 0.29) is 5.91 Å². The van der Waals surface area contributed by atoms with Gasteiger partial charge in [0.15, 0.2) is 6.10 Å². The number of esters is 1. The number of anilines is 2. The SMILES string of the molecule is CC(=O)Nc1ccc(NC(=O)C(C)OC(=O)c2ccc(-c3ncc[nH]3)cc2)cc1. The molecule has 8 nitrogen and oxygen atoms in total. The molecule has 0 saturated carbocycles. The lowest BCUT2D eigenvalue weighted by Gasteiger charge is -2.14. The van der Waals surface area contributed by atoms with Gasteiger partial charge in [-0.1, -0.05) is 12.1 Å². The first-order valence-electron chi connectivity index (χ1n) is 8.91. The van der Waals surface area contributed by atoms with Crippen molar-refractivity contribution in [1.82, 2.24) is 9.97 Å². The monoisotopic (exact) mass is 392 g/mol. The van der Waals surface area contributed by atoms with E-state index >= 15 is 0 Å². The zero-order valence-electron chi connectivity index (χ0n) is 15.9. The number of hydrogen-bond donors (Lipinski definition) is 3. The highest BCUT2D eigenvalue weighted by Gasteiger charge is 2.19. The summed E-state index contributed by atoms with van der Waals surface area (Å²) < 4.78 is 5.25. The summed E-state index contributed by atoms with van der Waals surface area (Å²) in [4.78, 5) is 42.7. The Morgan fingerprint density at radius 3 is 2.14 bits per heavy atom. The number of amides is 2. The van der Waals surface area contributed by atoms with Crippen molar-refractivity contribution < 1.29 is 19.1 Å². The van der Waals surface area contributed by atoms with E-state index in [2.05, 4.69) is 20.6 Å². The second-order valence-corrected chi connectivity index (χ2v) is 6.31. The Kier molecular flexibility index (Phi) is 6.03. The average Bonchev–Trinajstić information content (AvgIpc) is 3.24. The van der Waals surface area contributed by atoms with E-state index in [1.54, 1.807) is 60.9 Å².